The van der Waals surface area contributed by atoms with E-state index in [1.54, 1.807) is 6.07 Å². The van der Waals surface area contributed by atoms with Gasteiger partial charge in [-0.05, 0) is 48.9 Å². The van der Waals surface area contributed by atoms with Gasteiger partial charge in [-0.2, -0.15) is 13.2 Å². The summed E-state index contributed by atoms with van der Waals surface area (Å²) in [5, 5.41) is 4.36. The van der Waals surface area contributed by atoms with Crippen LogP contribution < -0.4 is 10.1 Å². The van der Waals surface area contributed by atoms with Crippen molar-refractivity contribution in [1.82, 2.24) is 5.32 Å². The van der Waals surface area contributed by atoms with Gasteiger partial charge in [0.1, 0.15) is 11.9 Å². The highest BCUT2D eigenvalue weighted by Crippen LogP contribution is 2.36. The third kappa shape index (κ3) is 4.27. The van der Waals surface area contributed by atoms with Crippen LogP contribution in [-0.4, -0.2) is 19.2 Å². The molecular formula is C19H18Cl2F3NO. The van der Waals surface area contributed by atoms with Crippen LogP contribution in [0.15, 0.2) is 42.5 Å². The van der Waals surface area contributed by atoms with Crippen LogP contribution in [0.5, 0.6) is 5.75 Å². The van der Waals surface area contributed by atoms with Crippen LogP contribution in [0.25, 0.3) is 0 Å². The second-order valence-electron chi connectivity index (χ2n) is 6.45. The maximum Gasteiger partial charge on any atom is 0.416 e. The molecule has 7 heteroatoms. The molecule has 1 aliphatic rings. The lowest BCUT2D eigenvalue weighted by atomic mass is 9.85. The molecule has 26 heavy (non-hydrogen) atoms. The van der Waals surface area contributed by atoms with Crippen LogP contribution >= 0.6 is 23.2 Å². The van der Waals surface area contributed by atoms with E-state index in [0.717, 1.165) is 30.8 Å². The normalized spacial score (nSPS) is 21.6. The second-order valence-corrected chi connectivity index (χ2v) is 7.26. The van der Waals surface area contributed by atoms with E-state index in [1.165, 1.54) is 12.1 Å². The summed E-state index contributed by atoms with van der Waals surface area (Å²) in [5.74, 6) is 0.772. The van der Waals surface area contributed by atoms with E-state index in [0.29, 0.717) is 15.8 Å². The number of nitrogens with one attached hydrogen (secondary N) is 1. The first-order chi connectivity index (χ1) is 12.3. The van der Waals surface area contributed by atoms with Crippen molar-refractivity contribution < 1.29 is 17.9 Å². The molecule has 3 rings (SSSR count). The number of ether oxygens (including phenoxy) is 1. The van der Waals surface area contributed by atoms with Crippen LogP contribution in [0.2, 0.25) is 10.0 Å². The van der Waals surface area contributed by atoms with Gasteiger partial charge in [0.25, 0.3) is 0 Å². The van der Waals surface area contributed by atoms with Crippen molar-refractivity contribution in [1.29, 1.82) is 0 Å². The molecule has 0 unspecified atom stereocenters. The van der Waals surface area contributed by atoms with Crippen molar-refractivity contribution >= 4 is 23.2 Å². The number of alkyl halides is 3. The highest BCUT2D eigenvalue weighted by Gasteiger charge is 2.34. The molecule has 1 saturated heterocycles. The van der Waals surface area contributed by atoms with Gasteiger partial charge in [-0.15, -0.1) is 0 Å². The molecule has 1 fully saturated rings. The fraction of sp³-hybridized carbons (Fsp3) is 0.368. The molecule has 3 atom stereocenters. The Labute approximate surface area is 160 Å². The van der Waals surface area contributed by atoms with Gasteiger partial charge in [-0.25, -0.2) is 0 Å². The van der Waals surface area contributed by atoms with Gasteiger partial charge in [-0.3, -0.25) is 0 Å². The molecule has 0 amide bonds. The molecule has 0 aliphatic carbocycles. The Bertz CT molecular complexity index is 764. The molecular weight excluding hydrogens is 386 g/mol. The molecule has 0 saturated carbocycles. The van der Waals surface area contributed by atoms with Gasteiger partial charge in [-0.1, -0.05) is 29.3 Å². The van der Waals surface area contributed by atoms with E-state index in [2.05, 4.69) is 5.32 Å². The van der Waals surface area contributed by atoms with Crippen molar-refractivity contribution in [2.45, 2.75) is 25.1 Å². The summed E-state index contributed by atoms with van der Waals surface area (Å²) in [6, 6.07) is 10.4. The summed E-state index contributed by atoms with van der Waals surface area (Å²) in [6.45, 7) is 3.47. The maximum absolute atomic E-state index is 12.7. The summed E-state index contributed by atoms with van der Waals surface area (Å²) in [6.07, 6.45) is -4.53. The maximum atomic E-state index is 12.7. The van der Waals surface area contributed by atoms with Crippen LogP contribution in [0.3, 0.4) is 0 Å². The van der Waals surface area contributed by atoms with Gasteiger partial charge < -0.3 is 10.1 Å². The molecule has 0 bridgehead atoms. The molecule has 1 heterocycles. The number of halogens is 5. The SMILES string of the molecule is C[C@@H](Oc1ccc(C(F)(F)F)cc1)[C@H]1CNC[C@H]1c1ccc(Cl)c(Cl)c1. The fourth-order valence-corrected chi connectivity index (χ4v) is 3.63. The molecule has 0 spiro atoms. The third-order valence-corrected chi connectivity index (χ3v) is 5.48. The number of hydrogen-bond acceptors (Lipinski definition) is 2. The lowest BCUT2D eigenvalue weighted by Gasteiger charge is -2.26. The monoisotopic (exact) mass is 403 g/mol. The zero-order chi connectivity index (χ0) is 18.9. The number of rotatable bonds is 4. The molecule has 0 radical (unpaired) electrons. The minimum atomic E-state index is -4.35. The van der Waals surface area contributed by atoms with E-state index < -0.39 is 11.7 Å². The van der Waals surface area contributed by atoms with Crippen LogP contribution in [-0.2, 0) is 6.18 Å². The van der Waals surface area contributed by atoms with E-state index in [1.807, 2.05) is 19.1 Å². The zero-order valence-corrected chi connectivity index (χ0v) is 15.5. The Morgan fingerprint density at radius 1 is 1.04 bits per heavy atom. The summed E-state index contributed by atoms with van der Waals surface area (Å²) in [4.78, 5) is 0. The van der Waals surface area contributed by atoms with Gasteiger partial charge >= 0.3 is 6.18 Å². The fourth-order valence-electron chi connectivity index (χ4n) is 3.32. The number of benzene rings is 2. The summed E-state index contributed by atoms with van der Waals surface area (Å²) in [7, 11) is 0. The van der Waals surface area contributed by atoms with Gasteiger partial charge in [0.15, 0.2) is 0 Å². The molecule has 1 N–H and O–H groups in total. The Hall–Kier alpha value is -1.43. The minimum Gasteiger partial charge on any atom is -0.490 e. The summed E-state index contributed by atoms with van der Waals surface area (Å²) < 4.78 is 43.9. The standard InChI is InChI=1S/C19H18Cl2F3NO/c1-11(26-14-5-3-13(4-6-14)19(22,23)24)15-9-25-10-16(15)12-2-7-17(20)18(21)8-12/h2-8,11,15-16,25H,9-10H2,1H3/t11-,15-,16+/m1/s1. The predicted octanol–water partition coefficient (Wildman–Crippen LogP) is 5.78. The highest BCUT2D eigenvalue weighted by molar-refractivity contribution is 6.42. The lowest BCUT2D eigenvalue weighted by molar-refractivity contribution is -0.137. The first-order valence-corrected chi connectivity index (χ1v) is 9.01. The molecule has 2 aromatic carbocycles. The van der Waals surface area contributed by atoms with E-state index in [-0.39, 0.29) is 17.9 Å². The van der Waals surface area contributed by atoms with E-state index >= 15 is 0 Å². The largest absolute Gasteiger partial charge is 0.490 e. The van der Waals surface area contributed by atoms with E-state index in [9.17, 15) is 13.2 Å². The Balaban J connectivity index is 1.72. The quantitative estimate of drug-likeness (QED) is 0.697. The molecule has 140 valence electrons. The van der Waals surface area contributed by atoms with Crippen LogP contribution in [0.4, 0.5) is 13.2 Å². The van der Waals surface area contributed by atoms with Crippen molar-refractivity contribution in [3.63, 3.8) is 0 Å². The zero-order valence-electron chi connectivity index (χ0n) is 14.0. The van der Waals surface area contributed by atoms with Crippen molar-refractivity contribution in [3.05, 3.63) is 63.6 Å². The Morgan fingerprint density at radius 3 is 2.35 bits per heavy atom. The highest BCUT2D eigenvalue weighted by atomic mass is 35.5. The van der Waals surface area contributed by atoms with Gasteiger partial charge in [0, 0.05) is 24.9 Å². The summed E-state index contributed by atoms with van der Waals surface area (Å²) in [5.41, 5.74) is 0.381. The minimum absolute atomic E-state index is 0.162. The Morgan fingerprint density at radius 2 is 1.73 bits per heavy atom. The predicted molar refractivity (Wildman–Crippen MR) is 97.1 cm³/mol. The van der Waals surface area contributed by atoms with Crippen molar-refractivity contribution in [2.75, 3.05) is 13.1 Å². The average Bonchev–Trinajstić information content (AvgIpc) is 3.07. The first-order valence-electron chi connectivity index (χ1n) is 8.25. The van der Waals surface area contributed by atoms with Crippen LogP contribution in [0.1, 0.15) is 24.0 Å². The molecule has 2 nitrogen and oxygen atoms in total. The summed E-state index contributed by atoms with van der Waals surface area (Å²) >= 11 is 12.1. The van der Waals surface area contributed by atoms with Crippen LogP contribution in [0, 0.1) is 5.92 Å². The molecule has 2 aromatic rings. The average molecular weight is 404 g/mol. The lowest BCUT2D eigenvalue weighted by Crippen LogP contribution is -2.29. The van der Waals surface area contributed by atoms with Crippen molar-refractivity contribution in [3.8, 4) is 5.75 Å². The smallest absolute Gasteiger partial charge is 0.416 e. The van der Waals surface area contributed by atoms with Crippen molar-refractivity contribution in [2.24, 2.45) is 5.92 Å². The van der Waals surface area contributed by atoms with E-state index in [4.69, 9.17) is 27.9 Å². The van der Waals surface area contributed by atoms with Gasteiger partial charge in [0.2, 0.25) is 0 Å². The topological polar surface area (TPSA) is 21.3 Å². The van der Waals surface area contributed by atoms with Gasteiger partial charge in [0.05, 0.1) is 15.6 Å². The molecule has 1 aliphatic heterocycles. The third-order valence-electron chi connectivity index (χ3n) is 4.74. The second kappa shape index (κ2) is 7.67. The number of hydrogen-bond donors (Lipinski definition) is 1. The molecule has 0 aromatic heterocycles. The Kier molecular flexibility index (Phi) is 5.70. The first kappa shape index (κ1) is 19.3.